The lowest BCUT2D eigenvalue weighted by molar-refractivity contribution is -0.121. The number of hydrogen-bond acceptors (Lipinski definition) is 4. The number of halogens is 1. The molecular formula is C13H19ClN2O3. The third-order valence-corrected chi connectivity index (χ3v) is 2.67. The Kier molecular flexibility index (Phi) is 6.45. The average molecular weight is 287 g/mol. The Bertz CT molecular complexity index is 426. The molecule has 5 nitrogen and oxygen atoms in total. The molecule has 1 aromatic rings. The molecule has 106 valence electrons. The van der Waals surface area contributed by atoms with E-state index in [4.69, 9.17) is 15.2 Å². The Morgan fingerprint density at radius 3 is 2.74 bits per heavy atom. The predicted octanol–water partition coefficient (Wildman–Crippen LogP) is 1.23. The van der Waals surface area contributed by atoms with Crippen LogP contribution >= 0.6 is 12.4 Å². The minimum absolute atomic E-state index is 0. The van der Waals surface area contributed by atoms with Crippen LogP contribution in [0.5, 0.6) is 11.5 Å². The monoisotopic (exact) mass is 286 g/mol. The lowest BCUT2D eigenvalue weighted by Gasteiger charge is -2.10. The number of benzene rings is 1. The molecule has 1 amide bonds. The van der Waals surface area contributed by atoms with E-state index in [2.05, 4.69) is 5.32 Å². The van der Waals surface area contributed by atoms with Gasteiger partial charge in [0.15, 0.2) is 11.5 Å². The van der Waals surface area contributed by atoms with Gasteiger partial charge in [-0.25, -0.2) is 0 Å². The molecule has 0 fully saturated rings. The normalized spacial score (nSPS) is 13.1. The SMILES string of the molecule is Cl.NCCC(=O)NCc1ccc2c(c1)OCCCO2. The summed E-state index contributed by atoms with van der Waals surface area (Å²) in [6.07, 6.45) is 1.24. The van der Waals surface area contributed by atoms with Crippen LogP contribution in [0.2, 0.25) is 0 Å². The van der Waals surface area contributed by atoms with E-state index in [-0.39, 0.29) is 18.3 Å². The zero-order valence-corrected chi connectivity index (χ0v) is 11.5. The molecule has 0 aliphatic carbocycles. The van der Waals surface area contributed by atoms with E-state index in [0.29, 0.717) is 32.7 Å². The Morgan fingerprint density at radius 2 is 2.00 bits per heavy atom. The molecule has 0 spiro atoms. The summed E-state index contributed by atoms with van der Waals surface area (Å²) in [5, 5.41) is 2.81. The van der Waals surface area contributed by atoms with Gasteiger partial charge >= 0.3 is 0 Å². The molecule has 1 aliphatic rings. The number of nitrogens with two attached hydrogens (primary N) is 1. The molecule has 0 saturated heterocycles. The van der Waals surface area contributed by atoms with E-state index in [1.54, 1.807) is 0 Å². The van der Waals surface area contributed by atoms with Crippen LogP contribution in [-0.2, 0) is 11.3 Å². The summed E-state index contributed by atoms with van der Waals surface area (Å²) in [6.45, 7) is 2.19. The van der Waals surface area contributed by atoms with Crippen molar-refractivity contribution in [3.63, 3.8) is 0 Å². The van der Waals surface area contributed by atoms with Crippen molar-refractivity contribution < 1.29 is 14.3 Å². The van der Waals surface area contributed by atoms with E-state index >= 15 is 0 Å². The highest BCUT2D eigenvalue weighted by atomic mass is 35.5. The minimum Gasteiger partial charge on any atom is -0.490 e. The van der Waals surface area contributed by atoms with Crippen molar-refractivity contribution in [1.29, 1.82) is 0 Å². The minimum atomic E-state index is -0.0374. The van der Waals surface area contributed by atoms with Gasteiger partial charge in [-0.15, -0.1) is 12.4 Å². The fraction of sp³-hybridized carbons (Fsp3) is 0.462. The number of fused-ring (bicyclic) bond motifs is 1. The van der Waals surface area contributed by atoms with E-state index in [9.17, 15) is 4.79 Å². The van der Waals surface area contributed by atoms with Crippen molar-refractivity contribution in [2.24, 2.45) is 5.73 Å². The van der Waals surface area contributed by atoms with Gasteiger partial charge in [-0.3, -0.25) is 4.79 Å². The molecule has 6 heteroatoms. The zero-order valence-electron chi connectivity index (χ0n) is 10.7. The van der Waals surface area contributed by atoms with Gasteiger partial charge in [0.05, 0.1) is 13.2 Å². The zero-order chi connectivity index (χ0) is 12.8. The Labute approximate surface area is 118 Å². The maximum Gasteiger partial charge on any atom is 0.221 e. The van der Waals surface area contributed by atoms with Crippen molar-refractivity contribution >= 4 is 18.3 Å². The fourth-order valence-electron chi connectivity index (χ4n) is 1.74. The summed E-state index contributed by atoms with van der Waals surface area (Å²) in [6, 6.07) is 5.71. The van der Waals surface area contributed by atoms with Crippen molar-refractivity contribution in [3.8, 4) is 11.5 Å². The van der Waals surface area contributed by atoms with Crippen LogP contribution in [-0.4, -0.2) is 25.7 Å². The Balaban J connectivity index is 0.00000180. The average Bonchev–Trinajstić information content (AvgIpc) is 2.61. The van der Waals surface area contributed by atoms with Crippen LogP contribution in [0, 0.1) is 0 Å². The first-order valence-electron chi connectivity index (χ1n) is 6.15. The number of nitrogens with one attached hydrogen (secondary N) is 1. The van der Waals surface area contributed by atoms with E-state index in [0.717, 1.165) is 23.5 Å². The third kappa shape index (κ3) is 4.61. The van der Waals surface area contributed by atoms with Crippen LogP contribution in [0.1, 0.15) is 18.4 Å². The maximum absolute atomic E-state index is 11.3. The molecule has 0 atom stereocenters. The molecule has 1 heterocycles. The number of amides is 1. The van der Waals surface area contributed by atoms with Gasteiger partial charge in [-0.2, -0.15) is 0 Å². The second-order valence-corrected chi connectivity index (χ2v) is 4.15. The predicted molar refractivity (Wildman–Crippen MR) is 74.8 cm³/mol. The summed E-state index contributed by atoms with van der Waals surface area (Å²) in [5.41, 5.74) is 6.30. The summed E-state index contributed by atoms with van der Waals surface area (Å²) in [4.78, 5) is 11.3. The van der Waals surface area contributed by atoms with Gasteiger partial charge in [0.2, 0.25) is 5.91 Å². The van der Waals surface area contributed by atoms with Crippen molar-refractivity contribution in [3.05, 3.63) is 23.8 Å². The van der Waals surface area contributed by atoms with Crippen LogP contribution in [0.3, 0.4) is 0 Å². The highest BCUT2D eigenvalue weighted by Crippen LogP contribution is 2.30. The largest absolute Gasteiger partial charge is 0.490 e. The van der Waals surface area contributed by atoms with Gasteiger partial charge in [-0.05, 0) is 17.7 Å². The molecule has 1 aliphatic heterocycles. The maximum atomic E-state index is 11.3. The second-order valence-electron chi connectivity index (χ2n) is 4.15. The van der Waals surface area contributed by atoms with Gasteiger partial charge in [0, 0.05) is 25.9 Å². The van der Waals surface area contributed by atoms with E-state index in [1.165, 1.54) is 0 Å². The van der Waals surface area contributed by atoms with Gasteiger partial charge < -0.3 is 20.5 Å². The van der Waals surface area contributed by atoms with Gasteiger partial charge in [0.25, 0.3) is 0 Å². The van der Waals surface area contributed by atoms with Crippen molar-refractivity contribution in [2.45, 2.75) is 19.4 Å². The molecule has 0 aromatic heterocycles. The van der Waals surface area contributed by atoms with Crippen LogP contribution < -0.4 is 20.5 Å². The van der Waals surface area contributed by atoms with Crippen LogP contribution in [0.25, 0.3) is 0 Å². The summed E-state index contributed by atoms with van der Waals surface area (Å²) >= 11 is 0. The second kappa shape index (κ2) is 7.86. The highest BCUT2D eigenvalue weighted by Gasteiger charge is 2.10. The number of ether oxygens (including phenoxy) is 2. The molecular weight excluding hydrogens is 268 g/mol. The summed E-state index contributed by atoms with van der Waals surface area (Å²) < 4.78 is 11.1. The molecule has 0 radical (unpaired) electrons. The topological polar surface area (TPSA) is 73.6 Å². The number of rotatable bonds is 4. The fourth-order valence-corrected chi connectivity index (χ4v) is 1.74. The lowest BCUT2D eigenvalue weighted by atomic mass is 10.2. The number of hydrogen-bond donors (Lipinski definition) is 2. The number of carbonyl (C=O) groups is 1. The Morgan fingerprint density at radius 1 is 1.26 bits per heavy atom. The summed E-state index contributed by atoms with van der Waals surface area (Å²) in [5.74, 6) is 1.48. The quantitative estimate of drug-likeness (QED) is 0.873. The summed E-state index contributed by atoms with van der Waals surface area (Å²) in [7, 11) is 0. The molecule has 2 rings (SSSR count). The molecule has 0 unspecified atom stereocenters. The van der Waals surface area contributed by atoms with Crippen LogP contribution in [0.15, 0.2) is 18.2 Å². The smallest absolute Gasteiger partial charge is 0.221 e. The number of carbonyl (C=O) groups excluding carboxylic acids is 1. The molecule has 19 heavy (non-hydrogen) atoms. The van der Waals surface area contributed by atoms with Gasteiger partial charge in [0.1, 0.15) is 0 Å². The molecule has 0 bridgehead atoms. The molecule has 1 aromatic carbocycles. The van der Waals surface area contributed by atoms with E-state index in [1.807, 2.05) is 18.2 Å². The van der Waals surface area contributed by atoms with Crippen molar-refractivity contribution in [2.75, 3.05) is 19.8 Å². The molecule has 3 N–H and O–H groups in total. The van der Waals surface area contributed by atoms with Crippen LogP contribution in [0.4, 0.5) is 0 Å². The van der Waals surface area contributed by atoms with E-state index < -0.39 is 0 Å². The lowest BCUT2D eigenvalue weighted by Crippen LogP contribution is -2.24. The molecule has 0 saturated carbocycles. The highest BCUT2D eigenvalue weighted by molar-refractivity contribution is 5.85. The van der Waals surface area contributed by atoms with Gasteiger partial charge in [-0.1, -0.05) is 6.07 Å². The van der Waals surface area contributed by atoms with Crippen molar-refractivity contribution in [1.82, 2.24) is 5.32 Å². The Hall–Kier alpha value is -1.46. The first-order chi connectivity index (χ1) is 8.79. The third-order valence-electron chi connectivity index (χ3n) is 2.67. The first-order valence-corrected chi connectivity index (χ1v) is 6.15. The standard InChI is InChI=1S/C13H18N2O3.ClH/c14-5-4-13(16)15-9-10-2-3-11-12(8-10)18-7-1-6-17-11;/h2-3,8H,1,4-7,9,14H2,(H,15,16);1H. The first kappa shape index (κ1) is 15.6.